The summed E-state index contributed by atoms with van der Waals surface area (Å²) in [5, 5.41) is 0. The molecule has 0 N–H and O–H groups in total. The summed E-state index contributed by atoms with van der Waals surface area (Å²) in [6, 6.07) is 1.34. The van der Waals surface area contributed by atoms with Crippen molar-refractivity contribution in [1.82, 2.24) is 0 Å². The maximum absolute atomic E-state index is 5.49. The Morgan fingerprint density at radius 2 is 2.09 bits per heavy atom. The lowest BCUT2D eigenvalue weighted by Crippen LogP contribution is -1.97. The molecule has 0 saturated heterocycles. The molecule has 0 atom stereocenters. The van der Waals surface area contributed by atoms with Crippen LogP contribution in [-0.2, 0) is 4.43 Å². The Balaban J connectivity index is 2.85. The molecule has 0 saturated carbocycles. The first kappa shape index (κ1) is 10.9. The number of hydrogen-bond donors (Lipinski definition) is 0. The Labute approximate surface area is 72.8 Å². The van der Waals surface area contributed by atoms with Crippen LogP contribution in [0.5, 0.6) is 0 Å². The molecule has 66 valence electrons. The standard InChI is InChI=1S/C9H20OSi/c1-3-5-7-8-10-11-9-6-4-2/h5,7H,3-4,6,8-9,11H2,1-2H3. The van der Waals surface area contributed by atoms with Crippen LogP contribution in [0.2, 0.25) is 6.04 Å². The van der Waals surface area contributed by atoms with Gasteiger partial charge in [0, 0.05) is 0 Å². The molecule has 0 aliphatic heterocycles. The van der Waals surface area contributed by atoms with Crippen molar-refractivity contribution in [3.63, 3.8) is 0 Å². The van der Waals surface area contributed by atoms with Gasteiger partial charge < -0.3 is 4.43 Å². The summed E-state index contributed by atoms with van der Waals surface area (Å²) in [6.07, 6.45) is 8.07. The summed E-state index contributed by atoms with van der Waals surface area (Å²) in [6.45, 7) is 5.22. The number of allylic oxidation sites excluding steroid dienone is 1. The minimum absolute atomic E-state index is 0.179. The Morgan fingerprint density at radius 1 is 1.27 bits per heavy atom. The van der Waals surface area contributed by atoms with Crippen molar-refractivity contribution in [1.29, 1.82) is 0 Å². The van der Waals surface area contributed by atoms with Crippen molar-refractivity contribution in [2.24, 2.45) is 0 Å². The number of rotatable bonds is 7. The van der Waals surface area contributed by atoms with Crippen molar-refractivity contribution in [2.45, 2.75) is 39.2 Å². The largest absolute Gasteiger partial charge is 0.420 e. The van der Waals surface area contributed by atoms with Gasteiger partial charge in [-0.1, -0.05) is 38.8 Å². The molecule has 0 spiro atoms. The SMILES string of the molecule is CCC=CCO[SiH2]CCCC. The van der Waals surface area contributed by atoms with Crippen molar-refractivity contribution in [3.05, 3.63) is 12.2 Å². The van der Waals surface area contributed by atoms with Gasteiger partial charge in [0.1, 0.15) is 0 Å². The molecule has 0 amide bonds. The highest BCUT2D eigenvalue weighted by Gasteiger charge is 1.85. The topological polar surface area (TPSA) is 9.23 Å². The molecular formula is C9H20OSi. The Bertz CT molecular complexity index is 91.6. The fourth-order valence-electron chi connectivity index (χ4n) is 0.840. The van der Waals surface area contributed by atoms with E-state index in [-0.39, 0.29) is 9.76 Å². The highest BCUT2D eigenvalue weighted by molar-refractivity contribution is 6.27. The Hall–Kier alpha value is -0.0831. The molecule has 11 heavy (non-hydrogen) atoms. The van der Waals surface area contributed by atoms with E-state index in [1.54, 1.807) is 0 Å². The van der Waals surface area contributed by atoms with Crippen LogP contribution in [-0.4, -0.2) is 16.4 Å². The van der Waals surface area contributed by atoms with E-state index in [9.17, 15) is 0 Å². The van der Waals surface area contributed by atoms with E-state index in [0.717, 1.165) is 13.0 Å². The third kappa shape index (κ3) is 9.92. The first-order chi connectivity index (χ1) is 5.41. The molecule has 2 heteroatoms. The van der Waals surface area contributed by atoms with Crippen molar-refractivity contribution >= 4 is 9.76 Å². The summed E-state index contributed by atoms with van der Waals surface area (Å²) in [5.41, 5.74) is 0. The second kappa shape index (κ2) is 9.92. The normalized spacial score (nSPS) is 12.2. The quantitative estimate of drug-likeness (QED) is 0.325. The zero-order chi connectivity index (χ0) is 8.36. The van der Waals surface area contributed by atoms with Gasteiger partial charge in [0.05, 0.1) is 6.61 Å². The minimum Gasteiger partial charge on any atom is -0.420 e. The molecule has 0 bridgehead atoms. The first-order valence-corrected chi connectivity index (χ1v) is 6.22. The molecule has 0 fully saturated rings. The van der Waals surface area contributed by atoms with Crippen molar-refractivity contribution in [2.75, 3.05) is 6.61 Å². The summed E-state index contributed by atoms with van der Waals surface area (Å²) in [7, 11) is -0.179. The molecule has 0 radical (unpaired) electrons. The van der Waals surface area contributed by atoms with Crippen LogP contribution in [0.4, 0.5) is 0 Å². The summed E-state index contributed by atoms with van der Waals surface area (Å²) in [4.78, 5) is 0. The fourth-order valence-corrected chi connectivity index (χ4v) is 2.05. The van der Waals surface area contributed by atoms with Gasteiger partial charge in [0.2, 0.25) is 0 Å². The van der Waals surface area contributed by atoms with E-state index < -0.39 is 0 Å². The highest BCUT2D eigenvalue weighted by Crippen LogP contribution is 1.93. The van der Waals surface area contributed by atoms with E-state index in [4.69, 9.17) is 4.43 Å². The molecule has 0 rings (SSSR count). The molecule has 1 nitrogen and oxygen atoms in total. The monoisotopic (exact) mass is 172 g/mol. The second-order valence-corrected chi connectivity index (χ2v) is 4.19. The van der Waals surface area contributed by atoms with Gasteiger partial charge >= 0.3 is 0 Å². The van der Waals surface area contributed by atoms with E-state index in [0.29, 0.717) is 0 Å². The van der Waals surface area contributed by atoms with Crippen molar-refractivity contribution < 1.29 is 4.43 Å². The van der Waals surface area contributed by atoms with E-state index >= 15 is 0 Å². The first-order valence-electron chi connectivity index (χ1n) is 4.64. The summed E-state index contributed by atoms with van der Waals surface area (Å²) in [5.74, 6) is 0. The van der Waals surface area contributed by atoms with Gasteiger partial charge in [-0.3, -0.25) is 0 Å². The van der Waals surface area contributed by atoms with E-state index in [1.807, 2.05) is 0 Å². The van der Waals surface area contributed by atoms with Crippen LogP contribution in [0.25, 0.3) is 0 Å². The summed E-state index contributed by atoms with van der Waals surface area (Å²) >= 11 is 0. The lowest BCUT2D eigenvalue weighted by molar-refractivity contribution is 0.383. The Kier molecular flexibility index (Phi) is 9.84. The van der Waals surface area contributed by atoms with Gasteiger partial charge in [-0.05, 0) is 12.5 Å². The molecule has 0 aromatic rings. The third-order valence-electron chi connectivity index (χ3n) is 1.51. The van der Waals surface area contributed by atoms with Crippen LogP contribution >= 0.6 is 0 Å². The maximum atomic E-state index is 5.49. The zero-order valence-corrected chi connectivity index (χ0v) is 9.22. The molecule has 0 aromatic carbocycles. The van der Waals surface area contributed by atoms with Crippen LogP contribution in [0.15, 0.2) is 12.2 Å². The van der Waals surface area contributed by atoms with Gasteiger partial charge in [-0.15, -0.1) is 0 Å². The average molecular weight is 172 g/mol. The van der Waals surface area contributed by atoms with E-state index in [2.05, 4.69) is 26.0 Å². The van der Waals surface area contributed by atoms with Crippen LogP contribution in [0.3, 0.4) is 0 Å². The fraction of sp³-hybridized carbons (Fsp3) is 0.778. The lowest BCUT2D eigenvalue weighted by Gasteiger charge is -1.97. The second-order valence-electron chi connectivity index (χ2n) is 2.66. The molecule has 0 unspecified atom stereocenters. The number of unbranched alkanes of at least 4 members (excludes halogenated alkanes) is 1. The van der Waals surface area contributed by atoms with Gasteiger partial charge in [-0.25, -0.2) is 0 Å². The van der Waals surface area contributed by atoms with Crippen molar-refractivity contribution in [3.8, 4) is 0 Å². The zero-order valence-electron chi connectivity index (χ0n) is 7.81. The van der Waals surface area contributed by atoms with Gasteiger partial charge in [-0.2, -0.15) is 0 Å². The third-order valence-corrected chi connectivity index (χ3v) is 2.82. The van der Waals surface area contributed by atoms with Crippen LogP contribution in [0, 0.1) is 0 Å². The van der Waals surface area contributed by atoms with Crippen LogP contribution in [0.1, 0.15) is 33.1 Å². The highest BCUT2D eigenvalue weighted by atomic mass is 28.2. The minimum atomic E-state index is -0.179. The van der Waals surface area contributed by atoms with Gasteiger partial charge in [0.25, 0.3) is 0 Å². The molecular weight excluding hydrogens is 152 g/mol. The van der Waals surface area contributed by atoms with E-state index in [1.165, 1.54) is 18.9 Å². The molecule has 0 aliphatic carbocycles. The number of hydrogen-bond acceptors (Lipinski definition) is 1. The summed E-state index contributed by atoms with van der Waals surface area (Å²) < 4.78 is 5.49. The maximum Gasteiger partial charge on any atom is 0.162 e. The predicted molar refractivity (Wildman–Crippen MR) is 53.6 cm³/mol. The molecule has 0 aromatic heterocycles. The lowest BCUT2D eigenvalue weighted by atomic mass is 10.4. The van der Waals surface area contributed by atoms with Crippen LogP contribution < -0.4 is 0 Å². The predicted octanol–water partition coefficient (Wildman–Crippen LogP) is 2.27. The van der Waals surface area contributed by atoms with Gasteiger partial charge in [0.15, 0.2) is 9.76 Å². The molecule has 0 aliphatic rings. The average Bonchev–Trinajstić information content (AvgIpc) is 2.03. The Morgan fingerprint density at radius 3 is 2.73 bits per heavy atom. The molecule has 0 heterocycles. The smallest absolute Gasteiger partial charge is 0.162 e.